The number of para-hydroxylation sites is 3. The van der Waals surface area contributed by atoms with Gasteiger partial charge in [-0.3, -0.25) is 0 Å². The summed E-state index contributed by atoms with van der Waals surface area (Å²) in [6, 6.07) is 69.7. The monoisotopic (exact) mass is 726 g/mol. The van der Waals surface area contributed by atoms with Gasteiger partial charge in [-0.25, -0.2) is 9.97 Å². The molecule has 0 amide bonds. The quantitative estimate of drug-likeness (QED) is 0.177. The van der Waals surface area contributed by atoms with Gasteiger partial charge in [-0.1, -0.05) is 127 Å². The van der Waals surface area contributed by atoms with Crippen LogP contribution < -0.4 is 0 Å². The van der Waals surface area contributed by atoms with Crippen LogP contribution in [0.4, 0.5) is 0 Å². The van der Waals surface area contributed by atoms with E-state index in [0.29, 0.717) is 0 Å². The topological polar surface area (TPSA) is 35.6 Å². The first-order chi connectivity index (χ1) is 28.2. The van der Waals surface area contributed by atoms with Crippen molar-refractivity contribution in [3.63, 3.8) is 0 Å². The fourth-order valence-corrected chi connectivity index (χ4v) is 9.05. The normalized spacial score (nSPS) is 12.1. The maximum atomic E-state index is 5.36. The predicted octanol–water partition coefficient (Wildman–Crippen LogP) is 13.2. The van der Waals surface area contributed by atoms with Crippen LogP contribution >= 0.6 is 0 Å². The number of hydrogen-bond acceptors (Lipinski definition) is 2. The van der Waals surface area contributed by atoms with Crippen molar-refractivity contribution in [2.45, 2.75) is 6.42 Å². The summed E-state index contributed by atoms with van der Waals surface area (Å²) in [6.07, 6.45) is 0.834. The average Bonchev–Trinajstić information content (AvgIpc) is 3.93. The fraction of sp³-hybridized carbons (Fsp3) is 0.0189. The maximum Gasteiger partial charge on any atom is 0.0932 e. The maximum absolute atomic E-state index is 5.36. The Labute approximate surface area is 329 Å². The Bertz CT molecular complexity index is 3370. The van der Waals surface area contributed by atoms with Gasteiger partial charge in [0.25, 0.3) is 0 Å². The molecule has 0 unspecified atom stereocenters. The largest absolute Gasteiger partial charge is 0.309 e. The molecule has 4 heterocycles. The molecule has 57 heavy (non-hydrogen) atoms. The van der Waals surface area contributed by atoms with E-state index in [4.69, 9.17) is 9.97 Å². The van der Waals surface area contributed by atoms with Crippen molar-refractivity contribution in [2.24, 2.45) is 0 Å². The number of rotatable bonds is 5. The lowest BCUT2D eigenvalue weighted by molar-refractivity contribution is 1.18. The molecule has 0 N–H and O–H groups in total. The second kappa shape index (κ2) is 12.5. The first kappa shape index (κ1) is 31.8. The summed E-state index contributed by atoms with van der Waals surface area (Å²) in [7, 11) is 0. The number of nitrogens with zero attached hydrogens (tertiary/aromatic N) is 4. The van der Waals surface area contributed by atoms with E-state index in [1.807, 2.05) is 0 Å². The Morgan fingerprint density at radius 3 is 1.56 bits per heavy atom. The lowest BCUT2D eigenvalue weighted by Crippen LogP contribution is -1.95. The fourth-order valence-electron chi connectivity index (χ4n) is 9.05. The van der Waals surface area contributed by atoms with Crippen LogP contribution in [0.1, 0.15) is 11.1 Å². The van der Waals surface area contributed by atoms with Gasteiger partial charge < -0.3 is 9.13 Å². The molecule has 266 valence electrons. The van der Waals surface area contributed by atoms with E-state index in [1.54, 1.807) is 0 Å². The van der Waals surface area contributed by atoms with Crippen LogP contribution in [-0.4, -0.2) is 19.1 Å². The van der Waals surface area contributed by atoms with E-state index in [9.17, 15) is 0 Å². The molecule has 0 radical (unpaired) electrons. The molecule has 0 saturated carbocycles. The number of benzene rings is 7. The summed E-state index contributed by atoms with van der Waals surface area (Å²) in [5.41, 5.74) is 17.9. The molecular weight excluding hydrogens is 693 g/mol. The van der Waals surface area contributed by atoms with Gasteiger partial charge in [0.15, 0.2) is 0 Å². The second-order valence-electron chi connectivity index (χ2n) is 15.0. The standard InChI is InChI=1S/C53H34N4/c1-3-12-34(13-4-1)35-14-11-17-41(31-35)57-49-21-10-8-19-43(49)45-32-36(25-29-50(45)57)46-27-23-38-30-39-24-28-47(55-53(39)52(38)54-46)37-22-26-44-42-18-7-9-20-48(42)56(51(44)33-37)40-15-5-2-6-16-40/h1-29,31-33H,30H2. The molecule has 0 fully saturated rings. The van der Waals surface area contributed by atoms with Crippen LogP contribution in [0, 0.1) is 0 Å². The van der Waals surface area contributed by atoms with Crippen LogP contribution in [0.25, 0.3) is 100 Å². The minimum atomic E-state index is 0.834. The Morgan fingerprint density at radius 1 is 0.316 bits per heavy atom. The Hall–Kier alpha value is -7.56. The molecule has 0 aliphatic heterocycles. The van der Waals surface area contributed by atoms with Crippen LogP contribution in [0.2, 0.25) is 0 Å². The van der Waals surface area contributed by atoms with E-state index in [2.05, 4.69) is 203 Å². The van der Waals surface area contributed by atoms with Crippen molar-refractivity contribution in [2.75, 3.05) is 0 Å². The molecule has 0 atom stereocenters. The first-order valence-corrected chi connectivity index (χ1v) is 19.5. The molecule has 4 heteroatoms. The van der Waals surface area contributed by atoms with Crippen LogP contribution in [0.15, 0.2) is 194 Å². The molecule has 0 bridgehead atoms. The summed E-state index contributed by atoms with van der Waals surface area (Å²) < 4.78 is 4.75. The molecule has 12 rings (SSSR count). The zero-order chi connectivity index (χ0) is 37.5. The van der Waals surface area contributed by atoms with Crippen molar-refractivity contribution in [1.29, 1.82) is 0 Å². The third-order valence-corrected chi connectivity index (χ3v) is 11.7. The second-order valence-corrected chi connectivity index (χ2v) is 15.0. The highest BCUT2D eigenvalue weighted by Gasteiger charge is 2.24. The Kier molecular flexibility index (Phi) is 6.96. The molecule has 1 aliphatic carbocycles. The van der Waals surface area contributed by atoms with Crippen molar-refractivity contribution in [3.8, 4) is 56.4 Å². The van der Waals surface area contributed by atoms with E-state index in [0.717, 1.165) is 51.7 Å². The zero-order valence-corrected chi connectivity index (χ0v) is 31.0. The minimum Gasteiger partial charge on any atom is -0.309 e. The Morgan fingerprint density at radius 2 is 0.842 bits per heavy atom. The third kappa shape index (κ3) is 5.01. The van der Waals surface area contributed by atoms with Gasteiger partial charge in [-0.2, -0.15) is 0 Å². The van der Waals surface area contributed by atoms with Crippen LogP contribution in [0.3, 0.4) is 0 Å². The molecule has 0 spiro atoms. The van der Waals surface area contributed by atoms with Gasteiger partial charge in [-0.05, 0) is 89.0 Å². The summed E-state index contributed by atoms with van der Waals surface area (Å²) >= 11 is 0. The summed E-state index contributed by atoms with van der Waals surface area (Å²) in [5.74, 6) is 0. The van der Waals surface area contributed by atoms with Crippen LogP contribution in [0.5, 0.6) is 0 Å². The molecule has 0 saturated heterocycles. The molecular formula is C53H34N4. The lowest BCUT2D eigenvalue weighted by Gasteiger charge is -2.11. The molecule has 4 nitrogen and oxygen atoms in total. The smallest absolute Gasteiger partial charge is 0.0932 e. The minimum absolute atomic E-state index is 0.834. The highest BCUT2D eigenvalue weighted by atomic mass is 15.0. The van der Waals surface area contributed by atoms with Gasteiger partial charge in [0.1, 0.15) is 0 Å². The number of aromatic nitrogens is 4. The van der Waals surface area contributed by atoms with Gasteiger partial charge in [0, 0.05) is 50.5 Å². The van der Waals surface area contributed by atoms with Gasteiger partial charge >= 0.3 is 0 Å². The highest BCUT2D eigenvalue weighted by Crippen LogP contribution is 2.40. The van der Waals surface area contributed by atoms with Gasteiger partial charge in [-0.15, -0.1) is 0 Å². The summed E-state index contributed by atoms with van der Waals surface area (Å²) in [5, 5.41) is 4.91. The Balaban J connectivity index is 0.948. The van der Waals surface area contributed by atoms with Crippen LogP contribution in [-0.2, 0) is 6.42 Å². The lowest BCUT2D eigenvalue weighted by atomic mass is 10.0. The van der Waals surface area contributed by atoms with E-state index in [-0.39, 0.29) is 0 Å². The molecule has 1 aliphatic rings. The highest BCUT2D eigenvalue weighted by molar-refractivity contribution is 6.11. The first-order valence-electron chi connectivity index (χ1n) is 19.5. The predicted molar refractivity (Wildman–Crippen MR) is 235 cm³/mol. The van der Waals surface area contributed by atoms with Gasteiger partial charge in [0.2, 0.25) is 0 Å². The average molecular weight is 727 g/mol. The molecule has 11 aromatic rings. The van der Waals surface area contributed by atoms with Crippen molar-refractivity contribution >= 4 is 43.6 Å². The third-order valence-electron chi connectivity index (χ3n) is 11.7. The summed E-state index contributed by atoms with van der Waals surface area (Å²) in [6.45, 7) is 0. The molecule has 7 aromatic carbocycles. The van der Waals surface area contributed by atoms with E-state index < -0.39 is 0 Å². The number of fused-ring (bicyclic) bond motifs is 9. The number of pyridine rings is 2. The van der Waals surface area contributed by atoms with Crippen molar-refractivity contribution in [1.82, 2.24) is 19.1 Å². The SMILES string of the molecule is c1ccc(-c2cccc(-n3c4ccccc4c4cc(-c5ccc6c(n5)-c5nc(-c7ccc8c9ccccc9n(-c9ccccc9)c8c7)ccc5C6)ccc43)c2)cc1. The van der Waals surface area contributed by atoms with E-state index >= 15 is 0 Å². The van der Waals surface area contributed by atoms with Gasteiger partial charge in [0.05, 0.1) is 44.8 Å². The molecule has 4 aromatic heterocycles. The van der Waals surface area contributed by atoms with Crippen molar-refractivity contribution in [3.05, 3.63) is 205 Å². The summed E-state index contributed by atoms with van der Waals surface area (Å²) in [4.78, 5) is 10.7. The van der Waals surface area contributed by atoms with E-state index in [1.165, 1.54) is 65.9 Å². The van der Waals surface area contributed by atoms with Crippen molar-refractivity contribution < 1.29 is 0 Å². The zero-order valence-electron chi connectivity index (χ0n) is 31.0. The number of hydrogen-bond donors (Lipinski definition) is 0.